The van der Waals surface area contributed by atoms with Crippen LogP contribution in [0.25, 0.3) is 0 Å². The highest BCUT2D eigenvalue weighted by Gasteiger charge is 2.26. The second-order valence-electron chi connectivity index (χ2n) is 10.5. The minimum atomic E-state index is -1.24. The Morgan fingerprint density at radius 2 is 1.82 bits per heavy atom. The first-order valence-corrected chi connectivity index (χ1v) is 11.9. The minimum Gasteiger partial charge on any atom is -0.390 e. The standard InChI is InChI=1S/C27H35F3N2O2/c1-27(2,3)14-17-7-8-19-5-4-6-23(22(19)11-17)31-16-25(33)24(32-26(34)15-28)12-18-9-20(29)13-21(30)10-18/h7-11,13,23-25,31,33H,4-6,12,14-16H2,1-3H3,(H,32,34)/t23-,24-,25+/m0/s1. The molecular weight excluding hydrogens is 441 g/mol. The lowest BCUT2D eigenvalue weighted by atomic mass is 9.82. The summed E-state index contributed by atoms with van der Waals surface area (Å²) in [6.07, 6.45) is 2.79. The maximum absolute atomic E-state index is 13.6. The van der Waals surface area contributed by atoms with Gasteiger partial charge in [0.2, 0.25) is 0 Å². The number of rotatable bonds is 9. The van der Waals surface area contributed by atoms with E-state index in [1.54, 1.807) is 0 Å². The predicted octanol–water partition coefficient (Wildman–Crippen LogP) is 4.58. The second-order valence-corrected chi connectivity index (χ2v) is 10.5. The smallest absolute Gasteiger partial charge is 0.251 e. The number of aryl methyl sites for hydroxylation is 1. The third-order valence-corrected chi connectivity index (χ3v) is 6.14. The molecule has 3 rings (SSSR count). The van der Waals surface area contributed by atoms with Crippen molar-refractivity contribution in [2.45, 2.75) is 71.1 Å². The molecule has 1 aliphatic carbocycles. The van der Waals surface area contributed by atoms with E-state index in [0.717, 1.165) is 43.9 Å². The molecule has 0 bridgehead atoms. The Morgan fingerprint density at radius 3 is 2.47 bits per heavy atom. The average Bonchev–Trinajstić information content (AvgIpc) is 2.75. The van der Waals surface area contributed by atoms with E-state index in [4.69, 9.17) is 0 Å². The van der Waals surface area contributed by atoms with E-state index in [1.165, 1.54) is 16.7 Å². The number of carbonyl (C=O) groups is 1. The predicted molar refractivity (Wildman–Crippen MR) is 127 cm³/mol. The molecule has 0 fully saturated rings. The largest absolute Gasteiger partial charge is 0.390 e. The van der Waals surface area contributed by atoms with Crippen LogP contribution in [-0.2, 0) is 24.1 Å². The average molecular weight is 477 g/mol. The summed E-state index contributed by atoms with van der Waals surface area (Å²) in [6, 6.07) is 8.80. The molecule has 0 heterocycles. The second kappa shape index (κ2) is 11.4. The van der Waals surface area contributed by atoms with Gasteiger partial charge >= 0.3 is 0 Å². The summed E-state index contributed by atoms with van der Waals surface area (Å²) in [6.45, 7) is 5.52. The van der Waals surface area contributed by atoms with Crippen molar-refractivity contribution in [1.29, 1.82) is 0 Å². The Balaban J connectivity index is 1.72. The first-order chi connectivity index (χ1) is 16.0. The van der Waals surface area contributed by atoms with Crippen molar-refractivity contribution in [3.05, 3.63) is 70.3 Å². The Hall–Kier alpha value is -2.38. The lowest BCUT2D eigenvalue weighted by molar-refractivity contribution is -0.123. The third kappa shape index (κ3) is 7.57. The fourth-order valence-electron chi connectivity index (χ4n) is 4.70. The number of aliphatic hydroxyl groups excluding tert-OH is 1. The minimum absolute atomic E-state index is 0.0275. The van der Waals surface area contributed by atoms with Crippen LogP contribution in [-0.4, -0.2) is 36.4 Å². The van der Waals surface area contributed by atoms with Crippen LogP contribution < -0.4 is 10.6 Å². The molecule has 1 aliphatic rings. The van der Waals surface area contributed by atoms with E-state index < -0.39 is 36.4 Å². The highest BCUT2D eigenvalue weighted by Crippen LogP contribution is 2.32. The molecule has 0 spiro atoms. The topological polar surface area (TPSA) is 61.4 Å². The van der Waals surface area contributed by atoms with E-state index >= 15 is 0 Å². The Kier molecular flexibility index (Phi) is 8.77. The van der Waals surface area contributed by atoms with E-state index in [9.17, 15) is 23.1 Å². The maximum atomic E-state index is 13.6. The third-order valence-electron chi connectivity index (χ3n) is 6.14. The highest BCUT2D eigenvalue weighted by molar-refractivity contribution is 5.77. The van der Waals surface area contributed by atoms with Gasteiger partial charge in [0.25, 0.3) is 5.91 Å². The number of hydrogen-bond donors (Lipinski definition) is 3. The molecule has 4 nitrogen and oxygen atoms in total. The SMILES string of the molecule is CC(C)(C)Cc1ccc2c(c1)[C@@H](NC[C@@H](O)[C@H](Cc1cc(F)cc(F)c1)NC(=O)CF)CCC2. The zero-order valence-electron chi connectivity index (χ0n) is 20.1. The van der Waals surface area contributed by atoms with Crippen molar-refractivity contribution < 1.29 is 23.1 Å². The number of benzene rings is 2. The van der Waals surface area contributed by atoms with Gasteiger partial charge in [-0.15, -0.1) is 0 Å². The van der Waals surface area contributed by atoms with Crippen LogP contribution in [0.2, 0.25) is 0 Å². The van der Waals surface area contributed by atoms with Crippen LogP contribution in [0.1, 0.15) is 61.9 Å². The van der Waals surface area contributed by atoms with E-state index in [1.807, 2.05) is 0 Å². The zero-order chi connectivity index (χ0) is 24.9. The molecule has 7 heteroatoms. The van der Waals surface area contributed by atoms with Gasteiger partial charge < -0.3 is 15.7 Å². The fourth-order valence-corrected chi connectivity index (χ4v) is 4.70. The number of amides is 1. The first kappa shape index (κ1) is 26.2. The summed E-state index contributed by atoms with van der Waals surface area (Å²) in [7, 11) is 0. The number of alkyl halides is 1. The summed E-state index contributed by atoms with van der Waals surface area (Å²) < 4.78 is 40.1. The van der Waals surface area contributed by atoms with Crippen LogP contribution in [0.5, 0.6) is 0 Å². The summed E-state index contributed by atoms with van der Waals surface area (Å²) in [5.41, 5.74) is 4.21. The summed E-state index contributed by atoms with van der Waals surface area (Å²) in [4.78, 5) is 11.7. The number of hydrogen-bond acceptors (Lipinski definition) is 3. The van der Waals surface area contributed by atoms with Crippen molar-refractivity contribution in [2.24, 2.45) is 5.41 Å². The molecule has 2 aromatic carbocycles. The molecule has 34 heavy (non-hydrogen) atoms. The van der Waals surface area contributed by atoms with Gasteiger partial charge in [-0.3, -0.25) is 4.79 Å². The summed E-state index contributed by atoms with van der Waals surface area (Å²) in [5.74, 6) is -2.37. The van der Waals surface area contributed by atoms with Crippen molar-refractivity contribution in [3.8, 4) is 0 Å². The van der Waals surface area contributed by atoms with Gasteiger partial charge in [-0.2, -0.15) is 0 Å². The number of nitrogens with one attached hydrogen (secondary N) is 2. The normalized spacial score (nSPS) is 17.7. The van der Waals surface area contributed by atoms with Crippen LogP contribution in [0.4, 0.5) is 13.2 Å². The van der Waals surface area contributed by atoms with Crippen molar-refractivity contribution >= 4 is 5.91 Å². The zero-order valence-corrected chi connectivity index (χ0v) is 20.1. The quantitative estimate of drug-likeness (QED) is 0.497. The number of carbonyl (C=O) groups excluding carboxylic acids is 1. The molecule has 0 aromatic heterocycles. The van der Waals surface area contributed by atoms with Crippen LogP contribution in [0.3, 0.4) is 0 Å². The van der Waals surface area contributed by atoms with Crippen molar-refractivity contribution in [3.63, 3.8) is 0 Å². The number of halogens is 3. The molecule has 1 amide bonds. The van der Waals surface area contributed by atoms with E-state index in [2.05, 4.69) is 49.6 Å². The van der Waals surface area contributed by atoms with E-state index in [0.29, 0.717) is 0 Å². The molecule has 0 aliphatic heterocycles. The van der Waals surface area contributed by atoms with Crippen molar-refractivity contribution in [2.75, 3.05) is 13.2 Å². The molecule has 186 valence electrons. The number of fused-ring (bicyclic) bond motifs is 1. The molecule has 0 saturated carbocycles. The van der Waals surface area contributed by atoms with Gasteiger partial charge in [0.05, 0.1) is 12.1 Å². The molecule has 2 aromatic rings. The summed E-state index contributed by atoms with van der Waals surface area (Å²) >= 11 is 0. The lowest BCUT2D eigenvalue weighted by Crippen LogP contribution is -2.49. The van der Waals surface area contributed by atoms with Crippen molar-refractivity contribution in [1.82, 2.24) is 10.6 Å². The number of aliphatic hydroxyl groups is 1. The van der Waals surface area contributed by atoms with Gasteiger partial charge in [-0.05, 0) is 71.9 Å². The Labute approximate surface area is 200 Å². The molecular formula is C27H35F3N2O2. The van der Waals surface area contributed by atoms with Gasteiger partial charge in [0.1, 0.15) is 11.6 Å². The van der Waals surface area contributed by atoms with Crippen LogP contribution >= 0.6 is 0 Å². The van der Waals surface area contributed by atoms with Gasteiger partial charge in [0.15, 0.2) is 6.67 Å². The van der Waals surface area contributed by atoms with Crippen LogP contribution in [0, 0.1) is 17.0 Å². The van der Waals surface area contributed by atoms with Gasteiger partial charge in [0, 0.05) is 18.7 Å². The highest BCUT2D eigenvalue weighted by atomic mass is 19.1. The van der Waals surface area contributed by atoms with E-state index in [-0.39, 0.29) is 30.0 Å². The summed E-state index contributed by atoms with van der Waals surface area (Å²) in [5, 5.41) is 16.7. The monoisotopic (exact) mass is 476 g/mol. The molecule has 0 radical (unpaired) electrons. The molecule has 3 N–H and O–H groups in total. The Morgan fingerprint density at radius 1 is 1.12 bits per heavy atom. The molecule has 0 saturated heterocycles. The van der Waals surface area contributed by atoms with Gasteiger partial charge in [-0.25, -0.2) is 13.2 Å². The maximum Gasteiger partial charge on any atom is 0.251 e. The first-order valence-electron chi connectivity index (χ1n) is 11.9. The lowest BCUT2D eigenvalue weighted by Gasteiger charge is -2.31. The van der Waals surface area contributed by atoms with Crippen LogP contribution in [0.15, 0.2) is 36.4 Å². The Bertz CT molecular complexity index is 970. The fraction of sp³-hybridized carbons (Fsp3) is 0.519. The molecule has 3 atom stereocenters. The van der Waals surface area contributed by atoms with Gasteiger partial charge in [-0.1, -0.05) is 39.0 Å². The molecule has 0 unspecified atom stereocenters.